The quantitative estimate of drug-likeness (QED) is 0.548. The molecule has 0 fully saturated rings. The molecule has 0 N–H and O–H groups in total. The van der Waals surface area contributed by atoms with Crippen molar-refractivity contribution in [2.45, 2.75) is 6.54 Å². The monoisotopic (exact) mass is 344 g/mol. The van der Waals surface area contributed by atoms with E-state index in [4.69, 9.17) is 4.74 Å². The molecule has 0 aliphatic carbocycles. The van der Waals surface area contributed by atoms with Gasteiger partial charge in [0.2, 0.25) is 5.78 Å². The lowest BCUT2D eigenvalue weighted by molar-refractivity contribution is 0.414. The molecule has 0 atom stereocenters. The lowest BCUT2D eigenvalue weighted by Crippen LogP contribution is -2.18. The fourth-order valence-corrected chi connectivity index (χ4v) is 3.00. The number of fused-ring (bicyclic) bond motifs is 1. The molecule has 0 saturated heterocycles. The summed E-state index contributed by atoms with van der Waals surface area (Å²) in [7, 11) is 3.73. The molecule has 0 aliphatic heterocycles. The molecule has 2 aromatic heterocycles. The Kier molecular flexibility index (Phi) is 4.27. The van der Waals surface area contributed by atoms with Crippen LogP contribution in [0.2, 0.25) is 0 Å². The number of benzene rings is 2. The smallest absolute Gasteiger partial charge is 0.235 e. The lowest BCUT2D eigenvalue weighted by Gasteiger charge is -2.18. The van der Waals surface area contributed by atoms with Gasteiger partial charge in [0, 0.05) is 25.4 Å². The highest BCUT2D eigenvalue weighted by molar-refractivity contribution is 5.61. The molecule has 5 heteroatoms. The first-order chi connectivity index (χ1) is 12.7. The topological polar surface area (TPSA) is 42.7 Å². The maximum absolute atomic E-state index is 5.22. The Balaban J connectivity index is 1.60. The number of hydrogen-bond donors (Lipinski definition) is 0. The van der Waals surface area contributed by atoms with Gasteiger partial charge in [-0.2, -0.15) is 0 Å². The fourth-order valence-electron chi connectivity index (χ4n) is 3.00. The van der Waals surface area contributed by atoms with E-state index in [-0.39, 0.29) is 0 Å². The predicted octanol–water partition coefficient (Wildman–Crippen LogP) is 4.04. The maximum atomic E-state index is 5.22. The van der Waals surface area contributed by atoms with Crippen molar-refractivity contribution >= 4 is 11.6 Å². The molecule has 0 saturated carbocycles. The first-order valence-electron chi connectivity index (χ1n) is 8.48. The molecule has 26 heavy (non-hydrogen) atoms. The van der Waals surface area contributed by atoms with Crippen LogP contribution < -0.4 is 9.64 Å². The third kappa shape index (κ3) is 3.11. The van der Waals surface area contributed by atoms with Gasteiger partial charge < -0.3 is 9.64 Å². The molecule has 0 spiro atoms. The van der Waals surface area contributed by atoms with Gasteiger partial charge in [0.25, 0.3) is 0 Å². The van der Waals surface area contributed by atoms with Gasteiger partial charge in [0.05, 0.1) is 19.0 Å². The Morgan fingerprint density at radius 3 is 2.50 bits per heavy atom. The first-order valence-corrected chi connectivity index (χ1v) is 8.48. The molecule has 2 heterocycles. The van der Waals surface area contributed by atoms with Crippen LogP contribution in [0.15, 0.2) is 73.1 Å². The molecular formula is C21H20N4O. The Hall–Kier alpha value is -3.34. The maximum Gasteiger partial charge on any atom is 0.235 e. The first kappa shape index (κ1) is 16.1. The summed E-state index contributed by atoms with van der Waals surface area (Å²) in [5.41, 5.74) is 3.22. The zero-order valence-corrected chi connectivity index (χ0v) is 14.8. The van der Waals surface area contributed by atoms with E-state index in [1.165, 1.54) is 5.56 Å². The van der Waals surface area contributed by atoms with Crippen LogP contribution in [0, 0.1) is 0 Å². The van der Waals surface area contributed by atoms with Crippen LogP contribution in [0.25, 0.3) is 17.0 Å². The summed E-state index contributed by atoms with van der Waals surface area (Å²) in [5, 5.41) is 0. The highest BCUT2D eigenvalue weighted by atomic mass is 16.5. The summed E-state index contributed by atoms with van der Waals surface area (Å²) in [5.74, 6) is 2.56. The van der Waals surface area contributed by atoms with Crippen molar-refractivity contribution in [2.75, 3.05) is 19.1 Å². The minimum Gasteiger partial charge on any atom is -0.497 e. The van der Waals surface area contributed by atoms with Gasteiger partial charge in [-0.25, -0.2) is 9.97 Å². The molecule has 4 aromatic rings. The molecule has 0 amide bonds. The van der Waals surface area contributed by atoms with Crippen molar-refractivity contribution in [3.63, 3.8) is 0 Å². The second-order valence-electron chi connectivity index (χ2n) is 6.17. The summed E-state index contributed by atoms with van der Waals surface area (Å²) in [4.78, 5) is 11.3. The van der Waals surface area contributed by atoms with Crippen molar-refractivity contribution in [3.8, 4) is 17.0 Å². The number of nitrogens with zero attached hydrogens (tertiary/aromatic N) is 4. The number of ether oxygens (including phenoxy) is 1. The second kappa shape index (κ2) is 6.88. The van der Waals surface area contributed by atoms with Crippen LogP contribution in [0.3, 0.4) is 0 Å². The van der Waals surface area contributed by atoms with E-state index < -0.39 is 0 Å². The highest BCUT2D eigenvalue weighted by Crippen LogP contribution is 2.22. The van der Waals surface area contributed by atoms with Gasteiger partial charge >= 0.3 is 0 Å². The van der Waals surface area contributed by atoms with Crippen molar-refractivity contribution in [3.05, 3.63) is 78.6 Å². The number of methoxy groups -OCH3 is 1. The summed E-state index contributed by atoms with van der Waals surface area (Å²) in [6.45, 7) is 0.776. The largest absolute Gasteiger partial charge is 0.497 e. The number of aromatic nitrogens is 3. The van der Waals surface area contributed by atoms with Crippen molar-refractivity contribution in [2.24, 2.45) is 0 Å². The number of rotatable bonds is 5. The van der Waals surface area contributed by atoms with Gasteiger partial charge in [0.15, 0.2) is 0 Å². The van der Waals surface area contributed by atoms with E-state index in [2.05, 4.69) is 46.2 Å². The summed E-state index contributed by atoms with van der Waals surface area (Å²) in [6.07, 6.45) is 3.89. The molecule has 0 bridgehead atoms. The molecule has 0 aliphatic rings. The van der Waals surface area contributed by atoms with E-state index in [0.717, 1.165) is 29.4 Å². The SMILES string of the molecule is COc1ccc(CN(C)c2cnc3nc(-c4ccccc4)ccn23)cc1. The van der Waals surface area contributed by atoms with E-state index in [0.29, 0.717) is 5.78 Å². The Bertz CT molecular complexity index is 1010. The van der Waals surface area contributed by atoms with E-state index in [1.54, 1.807) is 7.11 Å². The van der Waals surface area contributed by atoms with Gasteiger partial charge in [0.1, 0.15) is 11.6 Å². The standard InChI is InChI=1S/C21H20N4O/c1-24(15-16-8-10-18(26-2)11-9-16)20-14-22-21-23-19(12-13-25(20)21)17-6-4-3-5-7-17/h3-14H,15H2,1-2H3. The van der Waals surface area contributed by atoms with Gasteiger partial charge in [-0.1, -0.05) is 42.5 Å². The van der Waals surface area contributed by atoms with Crippen LogP contribution in [0.4, 0.5) is 5.82 Å². The molecule has 4 rings (SSSR count). The molecule has 2 aromatic carbocycles. The van der Waals surface area contributed by atoms with Crippen LogP contribution in [-0.2, 0) is 6.54 Å². The third-order valence-corrected chi connectivity index (χ3v) is 4.40. The minimum atomic E-state index is 0.697. The third-order valence-electron chi connectivity index (χ3n) is 4.40. The van der Waals surface area contributed by atoms with Gasteiger partial charge in [-0.3, -0.25) is 4.40 Å². The number of imidazole rings is 1. The Morgan fingerprint density at radius 1 is 1.00 bits per heavy atom. The number of hydrogen-bond acceptors (Lipinski definition) is 4. The van der Waals surface area contributed by atoms with E-state index >= 15 is 0 Å². The average molecular weight is 344 g/mol. The fraction of sp³-hybridized carbons (Fsp3) is 0.143. The zero-order chi connectivity index (χ0) is 17.9. The normalized spacial score (nSPS) is 10.8. The molecule has 5 nitrogen and oxygen atoms in total. The van der Waals surface area contributed by atoms with Crippen molar-refractivity contribution in [1.29, 1.82) is 0 Å². The molecule has 130 valence electrons. The predicted molar refractivity (Wildman–Crippen MR) is 104 cm³/mol. The minimum absolute atomic E-state index is 0.697. The highest BCUT2D eigenvalue weighted by Gasteiger charge is 2.11. The molecule has 0 unspecified atom stereocenters. The lowest BCUT2D eigenvalue weighted by atomic mass is 10.1. The number of anilines is 1. The van der Waals surface area contributed by atoms with Crippen molar-refractivity contribution in [1.82, 2.24) is 14.4 Å². The van der Waals surface area contributed by atoms with Crippen LogP contribution in [0.5, 0.6) is 5.75 Å². The summed E-state index contributed by atoms with van der Waals surface area (Å²) < 4.78 is 7.23. The molecule has 0 radical (unpaired) electrons. The van der Waals surface area contributed by atoms with Crippen LogP contribution >= 0.6 is 0 Å². The molecular weight excluding hydrogens is 324 g/mol. The van der Waals surface area contributed by atoms with E-state index in [1.807, 2.05) is 53.2 Å². The van der Waals surface area contributed by atoms with E-state index in [9.17, 15) is 0 Å². The second-order valence-corrected chi connectivity index (χ2v) is 6.17. The van der Waals surface area contributed by atoms with Gasteiger partial charge in [-0.05, 0) is 23.8 Å². The van der Waals surface area contributed by atoms with Crippen LogP contribution in [0.1, 0.15) is 5.56 Å². The van der Waals surface area contributed by atoms with Gasteiger partial charge in [-0.15, -0.1) is 0 Å². The Labute approximate surface area is 152 Å². The zero-order valence-electron chi connectivity index (χ0n) is 14.8. The Morgan fingerprint density at radius 2 is 1.77 bits per heavy atom. The van der Waals surface area contributed by atoms with Crippen LogP contribution in [-0.4, -0.2) is 28.5 Å². The summed E-state index contributed by atoms with van der Waals surface area (Å²) >= 11 is 0. The average Bonchev–Trinajstić information content (AvgIpc) is 3.12. The van der Waals surface area contributed by atoms with Crippen molar-refractivity contribution < 1.29 is 4.74 Å². The summed E-state index contributed by atoms with van der Waals surface area (Å²) in [6, 6.07) is 20.3.